The van der Waals surface area contributed by atoms with Crippen molar-refractivity contribution in [3.05, 3.63) is 59.7 Å². The van der Waals surface area contributed by atoms with Crippen molar-refractivity contribution < 1.29 is 14.6 Å². The van der Waals surface area contributed by atoms with Gasteiger partial charge in [-0.3, -0.25) is 4.79 Å². The fourth-order valence-corrected chi connectivity index (χ4v) is 1.73. The molecule has 0 aliphatic carbocycles. The summed E-state index contributed by atoms with van der Waals surface area (Å²) in [5.74, 6) is 0.752. The molecular weight excluding hydrogens is 228 g/mol. The number of Topliss-reactive ketones (excluding diaryl/α,β-unsaturated/α-hetero) is 1. The van der Waals surface area contributed by atoms with E-state index < -0.39 is 0 Å². The van der Waals surface area contributed by atoms with Crippen LogP contribution in [0.25, 0.3) is 0 Å². The highest BCUT2D eigenvalue weighted by molar-refractivity contribution is 5.98. The predicted molar refractivity (Wildman–Crippen MR) is 69.1 cm³/mol. The largest absolute Gasteiger partial charge is 0.508 e. The van der Waals surface area contributed by atoms with Crippen molar-refractivity contribution in [1.82, 2.24) is 0 Å². The first-order valence-electron chi connectivity index (χ1n) is 5.65. The number of rotatable bonds is 4. The number of ether oxygens (including phenoxy) is 1. The highest BCUT2D eigenvalue weighted by atomic mass is 16.5. The number of phenolic OH excluding ortho intramolecular Hbond substituents is 1. The first kappa shape index (κ1) is 12.2. The smallest absolute Gasteiger partial charge is 0.167 e. The number of methoxy groups -OCH3 is 1. The van der Waals surface area contributed by atoms with Gasteiger partial charge in [0.25, 0.3) is 0 Å². The molecule has 3 heteroatoms. The summed E-state index contributed by atoms with van der Waals surface area (Å²) in [7, 11) is 1.56. The molecule has 0 unspecified atom stereocenters. The Balaban J connectivity index is 2.19. The van der Waals surface area contributed by atoms with Gasteiger partial charge in [0, 0.05) is 17.5 Å². The molecule has 0 bridgehead atoms. The number of ketones is 1. The Labute approximate surface area is 106 Å². The lowest BCUT2D eigenvalue weighted by atomic mass is 10.0. The third kappa shape index (κ3) is 2.69. The molecule has 0 spiro atoms. The number of carbonyl (C=O) groups is 1. The molecule has 0 saturated heterocycles. The fourth-order valence-electron chi connectivity index (χ4n) is 1.73. The van der Waals surface area contributed by atoms with Gasteiger partial charge in [-0.25, -0.2) is 0 Å². The highest BCUT2D eigenvalue weighted by Crippen LogP contribution is 2.19. The minimum Gasteiger partial charge on any atom is -0.508 e. The lowest BCUT2D eigenvalue weighted by molar-refractivity contribution is 0.0991. The Kier molecular flexibility index (Phi) is 3.63. The van der Waals surface area contributed by atoms with E-state index in [1.807, 2.05) is 0 Å². The Hall–Kier alpha value is -2.29. The first-order valence-corrected chi connectivity index (χ1v) is 5.65. The van der Waals surface area contributed by atoms with Crippen LogP contribution < -0.4 is 4.74 Å². The van der Waals surface area contributed by atoms with Gasteiger partial charge in [0.2, 0.25) is 0 Å². The van der Waals surface area contributed by atoms with Gasteiger partial charge in [0.1, 0.15) is 11.5 Å². The van der Waals surface area contributed by atoms with Crippen LogP contribution in [0.2, 0.25) is 0 Å². The van der Waals surface area contributed by atoms with Crippen molar-refractivity contribution in [2.24, 2.45) is 0 Å². The lowest BCUT2D eigenvalue weighted by Gasteiger charge is -2.05. The highest BCUT2D eigenvalue weighted by Gasteiger charge is 2.10. The van der Waals surface area contributed by atoms with Crippen LogP contribution in [0.4, 0.5) is 0 Å². The van der Waals surface area contributed by atoms with Crippen molar-refractivity contribution in [3.8, 4) is 11.5 Å². The molecule has 0 aliphatic rings. The predicted octanol–water partition coefficient (Wildman–Crippen LogP) is 2.83. The van der Waals surface area contributed by atoms with Crippen LogP contribution >= 0.6 is 0 Å². The molecular formula is C15H14O3. The van der Waals surface area contributed by atoms with E-state index in [1.54, 1.807) is 55.6 Å². The zero-order chi connectivity index (χ0) is 13.0. The number of hydrogen-bond donors (Lipinski definition) is 1. The summed E-state index contributed by atoms with van der Waals surface area (Å²) in [6, 6.07) is 13.9. The summed E-state index contributed by atoms with van der Waals surface area (Å²) in [5.41, 5.74) is 1.21. The monoisotopic (exact) mass is 242 g/mol. The average molecular weight is 242 g/mol. The minimum atomic E-state index is -0.0459. The number of aromatic hydroxyl groups is 1. The van der Waals surface area contributed by atoms with Crippen molar-refractivity contribution in [1.29, 1.82) is 0 Å². The number of phenols is 1. The Morgan fingerprint density at radius 2 is 1.94 bits per heavy atom. The molecule has 2 rings (SSSR count). The first-order chi connectivity index (χ1) is 8.70. The molecule has 0 heterocycles. The second kappa shape index (κ2) is 5.36. The molecule has 0 fully saturated rings. The molecule has 0 atom stereocenters. The number of carbonyl (C=O) groups excluding carboxylic acids is 1. The van der Waals surface area contributed by atoms with Gasteiger partial charge in [-0.15, -0.1) is 0 Å². The summed E-state index contributed by atoms with van der Waals surface area (Å²) in [4.78, 5) is 12.1. The van der Waals surface area contributed by atoms with E-state index in [0.717, 1.165) is 0 Å². The molecule has 0 amide bonds. The van der Waals surface area contributed by atoms with Crippen LogP contribution in [0.15, 0.2) is 48.5 Å². The quantitative estimate of drug-likeness (QED) is 0.838. The standard InChI is InChI=1S/C15H14O3/c1-18-13-7-4-6-11(9-13)15(17)10-12-5-2-3-8-14(12)16/h2-9,16H,10H2,1H3. The van der Waals surface area contributed by atoms with Crippen LogP contribution in [0.1, 0.15) is 15.9 Å². The van der Waals surface area contributed by atoms with E-state index in [-0.39, 0.29) is 18.0 Å². The van der Waals surface area contributed by atoms with Crippen LogP contribution in [-0.2, 0) is 6.42 Å². The van der Waals surface area contributed by atoms with Crippen LogP contribution in [0, 0.1) is 0 Å². The molecule has 3 nitrogen and oxygen atoms in total. The van der Waals surface area contributed by atoms with Crippen molar-refractivity contribution in [2.75, 3.05) is 7.11 Å². The Morgan fingerprint density at radius 1 is 1.17 bits per heavy atom. The topological polar surface area (TPSA) is 46.5 Å². The number of hydrogen-bond acceptors (Lipinski definition) is 3. The third-order valence-electron chi connectivity index (χ3n) is 2.73. The van der Waals surface area contributed by atoms with E-state index in [0.29, 0.717) is 16.9 Å². The van der Waals surface area contributed by atoms with Gasteiger partial charge in [0.15, 0.2) is 5.78 Å². The second-order valence-corrected chi connectivity index (χ2v) is 3.96. The molecule has 92 valence electrons. The minimum absolute atomic E-state index is 0.0459. The molecule has 0 radical (unpaired) electrons. The van der Waals surface area contributed by atoms with Gasteiger partial charge in [-0.1, -0.05) is 30.3 Å². The van der Waals surface area contributed by atoms with E-state index in [1.165, 1.54) is 0 Å². The van der Waals surface area contributed by atoms with Gasteiger partial charge >= 0.3 is 0 Å². The SMILES string of the molecule is COc1cccc(C(=O)Cc2ccccc2O)c1. The maximum absolute atomic E-state index is 12.1. The molecule has 2 aromatic rings. The van der Waals surface area contributed by atoms with Gasteiger partial charge in [-0.2, -0.15) is 0 Å². The van der Waals surface area contributed by atoms with Crippen molar-refractivity contribution in [2.45, 2.75) is 6.42 Å². The normalized spacial score (nSPS) is 10.1. The molecule has 1 N–H and O–H groups in total. The van der Waals surface area contributed by atoms with Crippen LogP contribution in [-0.4, -0.2) is 18.0 Å². The average Bonchev–Trinajstić information content (AvgIpc) is 2.41. The maximum Gasteiger partial charge on any atom is 0.167 e. The van der Waals surface area contributed by atoms with E-state index in [2.05, 4.69) is 0 Å². The van der Waals surface area contributed by atoms with Crippen LogP contribution in [0.5, 0.6) is 11.5 Å². The van der Waals surface area contributed by atoms with Crippen molar-refractivity contribution in [3.63, 3.8) is 0 Å². The molecule has 0 aliphatic heterocycles. The molecule has 0 saturated carbocycles. The number of para-hydroxylation sites is 1. The summed E-state index contributed by atoms with van der Waals surface area (Å²) >= 11 is 0. The molecule has 2 aromatic carbocycles. The summed E-state index contributed by atoms with van der Waals surface area (Å²) in [6.07, 6.45) is 0.180. The fraction of sp³-hybridized carbons (Fsp3) is 0.133. The van der Waals surface area contributed by atoms with E-state index >= 15 is 0 Å². The van der Waals surface area contributed by atoms with Crippen LogP contribution in [0.3, 0.4) is 0 Å². The molecule has 18 heavy (non-hydrogen) atoms. The Morgan fingerprint density at radius 3 is 2.67 bits per heavy atom. The van der Waals surface area contributed by atoms with E-state index in [4.69, 9.17) is 4.74 Å². The zero-order valence-electron chi connectivity index (χ0n) is 10.1. The lowest BCUT2D eigenvalue weighted by Crippen LogP contribution is -2.03. The summed E-state index contributed by atoms with van der Waals surface area (Å²) < 4.78 is 5.08. The van der Waals surface area contributed by atoms with Gasteiger partial charge in [-0.05, 0) is 18.2 Å². The zero-order valence-corrected chi connectivity index (χ0v) is 10.1. The number of benzene rings is 2. The molecule has 0 aromatic heterocycles. The summed E-state index contributed by atoms with van der Waals surface area (Å²) in [6.45, 7) is 0. The second-order valence-electron chi connectivity index (χ2n) is 3.96. The van der Waals surface area contributed by atoms with Gasteiger partial charge in [0.05, 0.1) is 7.11 Å². The van der Waals surface area contributed by atoms with Gasteiger partial charge < -0.3 is 9.84 Å². The van der Waals surface area contributed by atoms with E-state index in [9.17, 15) is 9.90 Å². The summed E-state index contributed by atoms with van der Waals surface area (Å²) in [5, 5.41) is 9.63. The maximum atomic E-state index is 12.1. The van der Waals surface area contributed by atoms with Crippen molar-refractivity contribution >= 4 is 5.78 Å². The third-order valence-corrected chi connectivity index (χ3v) is 2.73. The Bertz CT molecular complexity index is 561.